The van der Waals surface area contributed by atoms with Crippen molar-refractivity contribution in [2.24, 2.45) is 5.92 Å². The summed E-state index contributed by atoms with van der Waals surface area (Å²) in [6, 6.07) is 2.20. The zero-order valence-corrected chi connectivity index (χ0v) is 10.2. The van der Waals surface area contributed by atoms with Crippen LogP contribution in [0.25, 0.3) is 0 Å². The molecule has 0 bridgehead atoms. The van der Waals surface area contributed by atoms with E-state index in [0.717, 1.165) is 11.7 Å². The molecule has 1 aromatic rings. The largest absolute Gasteiger partial charge is 0.368 e. The molecule has 1 heterocycles. The smallest absolute Gasteiger partial charge is 0.223 e. The van der Waals surface area contributed by atoms with E-state index in [-0.39, 0.29) is 5.95 Å². The molecule has 5 heteroatoms. The number of nitrogens with zero attached hydrogens (tertiary/aromatic N) is 2. The molecule has 0 spiro atoms. The fraction of sp³-hybridized carbons (Fsp3) is 0.636. The van der Waals surface area contributed by atoms with Crippen LogP contribution < -0.4 is 11.1 Å². The Bertz CT molecular complexity index is 349. The second-order valence-corrected chi connectivity index (χ2v) is 4.93. The van der Waals surface area contributed by atoms with Crippen LogP contribution in [0.3, 0.4) is 0 Å². The molecule has 4 nitrogen and oxygen atoms in total. The van der Waals surface area contributed by atoms with Crippen molar-refractivity contribution in [2.75, 3.05) is 11.1 Å². The van der Waals surface area contributed by atoms with Gasteiger partial charge in [0.2, 0.25) is 5.95 Å². The van der Waals surface area contributed by atoms with E-state index < -0.39 is 0 Å². The van der Waals surface area contributed by atoms with Gasteiger partial charge in [-0.2, -0.15) is 4.98 Å². The minimum Gasteiger partial charge on any atom is -0.368 e. The number of nitrogens with one attached hydrogen (secondary N) is 1. The molecule has 1 aliphatic carbocycles. The molecule has 2 atom stereocenters. The standard InChI is InChI=1S/C11H17ClN4/c1-7-3-2-4-8(5-7)14-10-6-9(12)15-11(13)16-10/h6-8H,2-5H2,1H3,(H3,13,14,15,16). The van der Waals surface area contributed by atoms with Crippen LogP contribution >= 0.6 is 11.6 Å². The maximum Gasteiger partial charge on any atom is 0.223 e. The minimum atomic E-state index is 0.221. The van der Waals surface area contributed by atoms with Gasteiger partial charge in [0.1, 0.15) is 11.0 Å². The first-order chi connectivity index (χ1) is 7.63. The number of hydrogen-bond donors (Lipinski definition) is 2. The third-order valence-corrected chi connectivity index (χ3v) is 3.19. The van der Waals surface area contributed by atoms with Gasteiger partial charge in [0.25, 0.3) is 0 Å². The van der Waals surface area contributed by atoms with Crippen LogP contribution in [0.5, 0.6) is 0 Å². The Hall–Kier alpha value is -1.03. The summed E-state index contributed by atoms with van der Waals surface area (Å²) >= 11 is 5.83. The lowest BCUT2D eigenvalue weighted by Crippen LogP contribution is -2.26. The van der Waals surface area contributed by atoms with Gasteiger partial charge in [0.15, 0.2) is 0 Å². The molecule has 0 aliphatic heterocycles. The number of nitrogens with two attached hydrogens (primary N) is 1. The number of nitrogen functional groups attached to an aromatic ring is 1. The molecule has 16 heavy (non-hydrogen) atoms. The highest BCUT2D eigenvalue weighted by atomic mass is 35.5. The van der Waals surface area contributed by atoms with Crippen molar-refractivity contribution < 1.29 is 0 Å². The molecule has 0 amide bonds. The molecule has 1 saturated carbocycles. The first kappa shape index (κ1) is 11.5. The summed E-state index contributed by atoms with van der Waals surface area (Å²) in [4.78, 5) is 7.96. The van der Waals surface area contributed by atoms with Crippen LogP contribution in [0.2, 0.25) is 5.15 Å². The van der Waals surface area contributed by atoms with Gasteiger partial charge >= 0.3 is 0 Å². The lowest BCUT2D eigenvalue weighted by Gasteiger charge is -2.27. The molecular weight excluding hydrogens is 224 g/mol. The predicted molar refractivity (Wildman–Crippen MR) is 66.5 cm³/mol. The fourth-order valence-corrected chi connectivity index (χ4v) is 2.47. The van der Waals surface area contributed by atoms with E-state index in [9.17, 15) is 0 Å². The second kappa shape index (κ2) is 4.87. The number of anilines is 2. The Kier molecular flexibility index (Phi) is 3.49. The third kappa shape index (κ3) is 2.98. The Balaban J connectivity index is 2.02. The molecule has 1 fully saturated rings. The van der Waals surface area contributed by atoms with E-state index in [1.807, 2.05) is 0 Å². The Morgan fingerprint density at radius 3 is 2.94 bits per heavy atom. The van der Waals surface area contributed by atoms with Crippen molar-refractivity contribution in [1.29, 1.82) is 0 Å². The molecule has 3 N–H and O–H groups in total. The molecule has 0 aromatic carbocycles. The summed E-state index contributed by atoms with van der Waals surface area (Å²) < 4.78 is 0. The van der Waals surface area contributed by atoms with Gasteiger partial charge in [0, 0.05) is 12.1 Å². The second-order valence-electron chi connectivity index (χ2n) is 4.55. The zero-order chi connectivity index (χ0) is 11.5. The Morgan fingerprint density at radius 2 is 2.25 bits per heavy atom. The molecule has 1 aliphatic rings. The SMILES string of the molecule is CC1CCCC(Nc2cc(Cl)nc(N)n2)C1. The highest BCUT2D eigenvalue weighted by molar-refractivity contribution is 6.29. The zero-order valence-electron chi connectivity index (χ0n) is 9.41. The molecule has 0 saturated heterocycles. The predicted octanol–water partition coefficient (Wildman–Crippen LogP) is 2.70. The lowest BCUT2D eigenvalue weighted by molar-refractivity contribution is 0.358. The summed E-state index contributed by atoms with van der Waals surface area (Å²) in [5.74, 6) is 1.73. The third-order valence-electron chi connectivity index (χ3n) is 3.00. The summed E-state index contributed by atoms with van der Waals surface area (Å²) in [7, 11) is 0. The highest BCUT2D eigenvalue weighted by Gasteiger charge is 2.19. The summed E-state index contributed by atoms with van der Waals surface area (Å²) in [6.45, 7) is 2.29. The van der Waals surface area contributed by atoms with Gasteiger partial charge < -0.3 is 11.1 Å². The summed E-state index contributed by atoms with van der Waals surface area (Å²) in [5, 5.41) is 3.77. The van der Waals surface area contributed by atoms with Crippen molar-refractivity contribution in [2.45, 2.75) is 38.6 Å². The molecule has 0 radical (unpaired) electrons. The molecule has 2 unspecified atom stereocenters. The molecule has 1 aromatic heterocycles. The normalized spacial score (nSPS) is 25.4. The quantitative estimate of drug-likeness (QED) is 0.781. The molecular formula is C11H17ClN4. The average molecular weight is 241 g/mol. The Labute approximate surface area is 101 Å². The highest BCUT2D eigenvalue weighted by Crippen LogP contribution is 2.26. The van der Waals surface area contributed by atoms with Crippen LogP contribution in [0.15, 0.2) is 6.07 Å². The van der Waals surface area contributed by atoms with Gasteiger partial charge in [0.05, 0.1) is 0 Å². The van der Waals surface area contributed by atoms with E-state index in [1.54, 1.807) is 6.07 Å². The number of hydrogen-bond acceptors (Lipinski definition) is 4. The van der Waals surface area contributed by atoms with Crippen molar-refractivity contribution in [3.05, 3.63) is 11.2 Å². The van der Waals surface area contributed by atoms with E-state index in [4.69, 9.17) is 17.3 Å². The molecule has 2 rings (SSSR count). The van der Waals surface area contributed by atoms with Gasteiger partial charge in [-0.25, -0.2) is 4.98 Å². The Morgan fingerprint density at radius 1 is 1.44 bits per heavy atom. The van der Waals surface area contributed by atoms with Gasteiger partial charge in [-0.05, 0) is 18.8 Å². The van der Waals surface area contributed by atoms with Gasteiger partial charge in [-0.15, -0.1) is 0 Å². The van der Waals surface area contributed by atoms with E-state index >= 15 is 0 Å². The van der Waals surface area contributed by atoms with Crippen LogP contribution in [0.1, 0.15) is 32.6 Å². The van der Waals surface area contributed by atoms with Gasteiger partial charge in [-0.1, -0.05) is 31.4 Å². The first-order valence-corrected chi connectivity index (χ1v) is 6.08. The van der Waals surface area contributed by atoms with Crippen molar-refractivity contribution in [1.82, 2.24) is 9.97 Å². The van der Waals surface area contributed by atoms with Crippen molar-refractivity contribution in [3.8, 4) is 0 Å². The van der Waals surface area contributed by atoms with Crippen molar-refractivity contribution in [3.63, 3.8) is 0 Å². The fourth-order valence-electron chi connectivity index (χ4n) is 2.28. The van der Waals surface area contributed by atoms with E-state index in [0.29, 0.717) is 11.2 Å². The topological polar surface area (TPSA) is 63.8 Å². The molecule has 88 valence electrons. The number of rotatable bonds is 2. The number of aromatic nitrogens is 2. The summed E-state index contributed by atoms with van der Waals surface area (Å²) in [5.41, 5.74) is 5.55. The van der Waals surface area contributed by atoms with Crippen LogP contribution in [-0.4, -0.2) is 16.0 Å². The van der Waals surface area contributed by atoms with Crippen LogP contribution in [0.4, 0.5) is 11.8 Å². The van der Waals surface area contributed by atoms with Crippen LogP contribution in [0, 0.1) is 5.92 Å². The monoisotopic (exact) mass is 240 g/mol. The maximum atomic E-state index is 5.83. The van der Waals surface area contributed by atoms with Crippen LogP contribution in [-0.2, 0) is 0 Å². The lowest BCUT2D eigenvalue weighted by atomic mass is 9.87. The minimum absolute atomic E-state index is 0.221. The first-order valence-electron chi connectivity index (χ1n) is 5.70. The maximum absolute atomic E-state index is 5.83. The number of halogens is 1. The summed E-state index contributed by atoms with van der Waals surface area (Å²) in [6.07, 6.45) is 4.96. The van der Waals surface area contributed by atoms with Gasteiger partial charge in [-0.3, -0.25) is 0 Å². The van der Waals surface area contributed by atoms with E-state index in [1.165, 1.54) is 25.7 Å². The van der Waals surface area contributed by atoms with Crippen molar-refractivity contribution >= 4 is 23.4 Å². The van der Waals surface area contributed by atoms with E-state index in [2.05, 4.69) is 22.2 Å². The average Bonchev–Trinajstić information content (AvgIpc) is 2.15.